The minimum Gasteiger partial charge on any atom is -0.458 e. The molecule has 0 aliphatic rings. The van der Waals surface area contributed by atoms with Crippen molar-refractivity contribution in [2.45, 2.75) is 32.4 Å². The minimum absolute atomic E-state index is 0.0321. The third-order valence-corrected chi connectivity index (χ3v) is 6.46. The van der Waals surface area contributed by atoms with E-state index >= 15 is 0 Å². The molecule has 7 nitrogen and oxygen atoms in total. The highest BCUT2D eigenvalue weighted by molar-refractivity contribution is 9.10. The van der Waals surface area contributed by atoms with Gasteiger partial charge in [-0.25, -0.2) is 18.2 Å². The smallest absolute Gasteiger partial charge is 0.329 e. The predicted octanol–water partition coefficient (Wildman–Crippen LogP) is 2.74. The van der Waals surface area contributed by atoms with Gasteiger partial charge in [0.25, 0.3) is 5.91 Å². The second-order valence-corrected chi connectivity index (χ2v) is 10.2. The van der Waals surface area contributed by atoms with Gasteiger partial charge in [-0.2, -0.15) is 0 Å². The minimum atomic E-state index is -3.31. The highest BCUT2D eigenvalue weighted by atomic mass is 79.9. The molecule has 1 heterocycles. The monoisotopic (exact) mass is 488 g/mol. The summed E-state index contributed by atoms with van der Waals surface area (Å²) in [5, 5.41) is 5.31. The molecular formula is C18H21BrN2O5S2. The quantitative estimate of drug-likeness (QED) is 0.544. The summed E-state index contributed by atoms with van der Waals surface area (Å²) in [7, 11) is -3.31. The van der Waals surface area contributed by atoms with Gasteiger partial charge in [-0.05, 0) is 40.9 Å². The number of sulfone groups is 1. The van der Waals surface area contributed by atoms with E-state index < -0.39 is 27.8 Å². The molecule has 0 bridgehead atoms. The maximum absolute atomic E-state index is 12.5. The number of nitrogens with zero attached hydrogens (tertiary/aromatic N) is 1. The number of nitrogens with one attached hydrogen (secondary N) is 1. The van der Waals surface area contributed by atoms with Crippen LogP contribution in [0.1, 0.15) is 34.4 Å². The Morgan fingerprint density at radius 3 is 2.64 bits per heavy atom. The van der Waals surface area contributed by atoms with Crippen molar-refractivity contribution in [1.29, 1.82) is 0 Å². The topological polar surface area (TPSA) is 102 Å². The molecule has 1 aromatic carbocycles. The number of benzene rings is 1. The first-order chi connectivity index (χ1) is 13.2. The van der Waals surface area contributed by atoms with E-state index in [-0.39, 0.29) is 18.8 Å². The highest BCUT2D eigenvalue weighted by Crippen LogP contribution is 2.16. The zero-order chi connectivity index (χ0) is 20.7. The van der Waals surface area contributed by atoms with Crippen molar-refractivity contribution in [3.8, 4) is 0 Å². The van der Waals surface area contributed by atoms with E-state index in [1.54, 1.807) is 29.6 Å². The number of carbonyl (C=O) groups is 2. The normalized spacial score (nSPS) is 12.4. The Labute approximate surface area is 176 Å². The number of carbonyl (C=O) groups excluding carboxylic acids is 2. The molecule has 2 aromatic rings. The molecule has 1 N–H and O–H groups in total. The Hall–Kier alpha value is -1.78. The van der Waals surface area contributed by atoms with Crippen LogP contribution >= 0.6 is 27.3 Å². The molecule has 0 aliphatic heterocycles. The molecule has 0 saturated heterocycles. The number of esters is 1. The van der Waals surface area contributed by atoms with E-state index in [1.165, 1.54) is 11.3 Å². The van der Waals surface area contributed by atoms with Gasteiger partial charge in [0.1, 0.15) is 22.5 Å². The average molecular weight is 489 g/mol. The van der Waals surface area contributed by atoms with Gasteiger partial charge in [0.2, 0.25) is 0 Å². The standard InChI is InChI=1S/C18H21BrN2O5S2/c1-3-16-20-12(11-27-16)10-26-18(23)15(8-9-28(2,24)25)21-17(22)13-6-4-5-7-14(13)19/h4-7,11,15H,3,8-10H2,1-2H3,(H,21,22)/t15-/m1/s1. The Kier molecular flexibility index (Phi) is 8.14. The zero-order valence-corrected chi connectivity index (χ0v) is 18.7. The van der Waals surface area contributed by atoms with E-state index in [1.807, 2.05) is 6.92 Å². The molecule has 1 atom stereocenters. The lowest BCUT2D eigenvalue weighted by Gasteiger charge is -2.17. The van der Waals surface area contributed by atoms with Gasteiger partial charge < -0.3 is 10.1 Å². The Morgan fingerprint density at radius 2 is 2.04 bits per heavy atom. The van der Waals surface area contributed by atoms with Crippen LogP contribution in [0.15, 0.2) is 34.1 Å². The van der Waals surface area contributed by atoms with Crippen LogP contribution in [0.5, 0.6) is 0 Å². The van der Waals surface area contributed by atoms with Crippen LogP contribution in [0, 0.1) is 0 Å². The molecule has 28 heavy (non-hydrogen) atoms. The van der Waals surface area contributed by atoms with Gasteiger partial charge in [-0.1, -0.05) is 19.1 Å². The summed E-state index contributed by atoms with van der Waals surface area (Å²) in [6.45, 7) is 1.95. The van der Waals surface area contributed by atoms with Gasteiger partial charge in [0, 0.05) is 16.1 Å². The number of halogens is 1. The Bertz CT molecular complexity index is 943. The lowest BCUT2D eigenvalue weighted by molar-refractivity contribution is -0.147. The molecule has 0 aliphatic carbocycles. The van der Waals surface area contributed by atoms with Gasteiger partial charge in [0.05, 0.1) is 22.0 Å². The zero-order valence-electron chi connectivity index (χ0n) is 15.5. The van der Waals surface area contributed by atoms with E-state index in [9.17, 15) is 18.0 Å². The van der Waals surface area contributed by atoms with Crippen LogP contribution in [0.2, 0.25) is 0 Å². The number of hydrogen-bond donors (Lipinski definition) is 1. The summed E-state index contributed by atoms with van der Waals surface area (Å²) in [4.78, 5) is 29.3. The first kappa shape index (κ1) is 22.5. The van der Waals surface area contributed by atoms with Crippen molar-refractivity contribution < 1.29 is 22.7 Å². The van der Waals surface area contributed by atoms with E-state index in [0.717, 1.165) is 17.7 Å². The lowest BCUT2D eigenvalue weighted by Crippen LogP contribution is -2.43. The van der Waals surface area contributed by atoms with Crippen molar-refractivity contribution in [3.05, 3.63) is 50.4 Å². The second kappa shape index (κ2) is 10.1. The maximum Gasteiger partial charge on any atom is 0.329 e. The number of rotatable bonds is 9. The van der Waals surface area contributed by atoms with Crippen LogP contribution in [0.25, 0.3) is 0 Å². The van der Waals surface area contributed by atoms with Crippen molar-refractivity contribution >= 4 is 49.0 Å². The first-order valence-electron chi connectivity index (χ1n) is 8.52. The fourth-order valence-electron chi connectivity index (χ4n) is 2.29. The molecule has 10 heteroatoms. The highest BCUT2D eigenvalue weighted by Gasteiger charge is 2.25. The third-order valence-electron chi connectivity index (χ3n) is 3.75. The van der Waals surface area contributed by atoms with Crippen LogP contribution in [0.4, 0.5) is 0 Å². The van der Waals surface area contributed by atoms with Gasteiger partial charge >= 0.3 is 5.97 Å². The number of aromatic nitrogens is 1. The maximum atomic E-state index is 12.5. The van der Waals surface area contributed by atoms with Gasteiger partial charge in [-0.3, -0.25) is 4.79 Å². The van der Waals surface area contributed by atoms with Crippen molar-refractivity contribution in [2.75, 3.05) is 12.0 Å². The van der Waals surface area contributed by atoms with Crippen LogP contribution < -0.4 is 5.32 Å². The van der Waals surface area contributed by atoms with E-state index in [2.05, 4.69) is 26.2 Å². The summed E-state index contributed by atoms with van der Waals surface area (Å²) in [5.74, 6) is -1.44. The predicted molar refractivity (Wildman–Crippen MR) is 111 cm³/mol. The van der Waals surface area contributed by atoms with E-state index in [0.29, 0.717) is 15.7 Å². The average Bonchev–Trinajstić information content (AvgIpc) is 3.10. The molecule has 1 amide bonds. The molecule has 0 fully saturated rings. The van der Waals surface area contributed by atoms with Crippen molar-refractivity contribution in [2.24, 2.45) is 0 Å². The van der Waals surface area contributed by atoms with Crippen molar-refractivity contribution in [1.82, 2.24) is 10.3 Å². The Morgan fingerprint density at radius 1 is 1.32 bits per heavy atom. The molecule has 0 radical (unpaired) electrons. The van der Waals surface area contributed by atoms with Crippen LogP contribution in [-0.4, -0.2) is 43.3 Å². The Balaban J connectivity index is 2.07. The summed E-state index contributed by atoms with van der Waals surface area (Å²) in [5.41, 5.74) is 0.959. The first-order valence-corrected chi connectivity index (χ1v) is 12.3. The molecule has 152 valence electrons. The van der Waals surface area contributed by atoms with Gasteiger partial charge in [-0.15, -0.1) is 11.3 Å². The largest absolute Gasteiger partial charge is 0.458 e. The summed E-state index contributed by atoms with van der Waals surface area (Å²) < 4.78 is 28.8. The van der Waals surface area contributed by atoms with E-state index in [4.69, 9.17) is 4.74 Å². The molecule has 2 rings (SSSR count). The molecule has 0 saturated carbocycles. The SMILES string of the molecule is CCc1nc(COC(=O)[C@@H](CCS(C)(=O)=O)NC(=O)c2ccccc2Br)cs1. The molecule has 0 spiro atoms. The second-order valence-electron chi connectivity index (χ2n) is 6.12. The van der Waals surface area contributed by atoms with Crippen LogP contribution in [0.3, 0.4) is 0 Å². The lowest BCUT2D eigenvalue weighted by atomic mass is 10.1. The summed E-state index contributed by atoms with van der Waals surface area (Å²) >= 11 is 4.76. The molecule has 0 unspecified atom stereocenters. The van der Waals surface area contributed by atoms with Crippen molar-refractivity contribution in [3.63, 3.8) is 0 Å². The number of hydrogen-bond acceptors (Lipinski definition) is 7. The number of ether oxygens (including phenoxy) is 1. The summed E-state index contributed by atoms with van der Waals surface area (Å²) in [6.07, 6.45) is 1.79. The number of amides is 1. The molecular weight excluding hydrogens is 468 g/mol. The third kappa shape index (κ3) is 6.99. The number of thiazole rings is 1. The fraction of sp³-hybridized carbons (Fsp3) is 0.389. The number of aryl methyl sites for hydroxylation is 1. The van der Waals surface area contributed by atoms with Gasteiger partial charge in [0.15, 0.2) is 0 Å². The van der Waals surface area contributed by atoms with Crippen LogP contribution in [-0.2, 0) is 32.4 Å². The molecule has 1 aromatic heterocycles. The summed E-state index contributed by atoms with van der Waals surface area (Å²) in [6, 6.07) is 5.66. The fourth-order valence-corrected chi connectivity index (χ4v) is 4.14.